The molecule has 0 atom stereocenters. The van der Waals surface area contributed by atoms with Gasteiger partial charge in [0.1, 0.15) is 4.32 Å². The summed E-state index contributed by atoms with van der Waals surface area (Å²) in [4.78, 5) is 27.2. The topological polar surface area (TPSA) is 77.1 Å². The van der Waals surface area contributed by atoms with Gasteiger partial charge in [-0.1, -0.05) is 47.7 Å². The quantitative estimate of drug-likeness (QED) is 0.271. The molecule has 2 aromatic rings. The van der Waals surface area contributed by atoms with Gasteiger partial charge >= 0.3 is 0 Å². The smallest absolute Gasteiger partial charge is 0.266 e. The number of thiocarbonyl (C=S) groups is 1. The van der Waals surface area contributed by atoms with Crippen LogP contribution in [-0.2, 0) is 14.3 Å². The van der Waals surface area contributed by atoms with Crippen molar-refractivity contribution in [2.24, 2.45) is 0 Å². The standard InChI is InChI=1S/C24H25ClN2O5S2/c1-15-5-7-17(25)13-18(15)26-22(28)14-32-19-8-6-16(11-20(19)31-3)12-21-23(29)27(24(33)34-21)9-4-10-30-2/h5-8,11-13H,4,9-10,14H2,1-3H3,(H,26,28)/b21-12-. The van der Waals surface area contributed by atoms with Gasteiger partial charge in [-0.25, -0.2) is 0 Å². The largest absolute Gasteiger partial charge is 0.493 e. The number of carbonyl (C=O) groups excluding carboxylic acids is 2. The molecular weight excluding hydrogens is 496 g/mol. The molecule has 1 N–H and O–H groups in total. The summed E-state index contributed by atoms with van der Waals surface area (Å²) < 4.78 is 16.7. The minimum absolute atomic E-state index is 0.127. The van der Waals surface area contributed by atoms with Crippen molar-refractivity contribution in [1.29, 1.82) is 0 Å². The highest BCUT2D eigenvalue weighted by molar-refractivity contribution is 8.26. The molecule has 2 amide bonds. The third-order valence-corrected chi connectivity index (χ3v) is 6.53. The average molecular weight is 521 g/mol. The second kappa shape index (κ2) is 12.2. The molecule has 1 heterocycles. The normalized spacial score (nSPS) is 14.6. The molecule has 0 bridgehead atoms. The first-order valence-electron chi connectivity index (χ1n) is 10.4. The number of nitrogens with zero attached hydrogens (tertiary/aromatic N) is 1. The molecule has 7 nitrogen and oxygen atoms in total. The Morgan fingerprint density at radius 3 is 2.74 bits per heavy atom. The third-order valence-electron chi connectivity index (χ3n) is 4.92. The molecule has 0 radical (unpaired) electrons. The van der Waals surface area contributed by atoms with Crippen molar-refractivity contribution in [2.45, 2.75) is 13.3 Å². The van der Waals surface area contributed by atoms with Crippen LogP contribution in [0.4, 0.5) is 5.69 Å². The summed E-state index contributed by atoms with van der Waals surface area (Å²) in [6.45, 7) is 2.75. The fraction of sp³-hybridized carbons (Fsp3) is 0.292. The maximum atomic E-state index is 12.7. The van der Waals surface area contributed by atoms with E-state index >= 15 is 0 Å². The van der Waals surface area contributed by atoms with Gasteiger partial charge in [-0.2, -0.15) is 0 Å². The maximum Gasteiger partial charge on any atom is 0.266 e. The van der Waals surface area contributed by atoms with Crippen LogP contribution in [0.1, 0.15) is 17.5 Å². The molecule has 0 aliphatic carbocycles. The lowest BCUT2D eigenvalue weighted by molar-refractivity contribution is -0.122. The van der Waals surface area contributed by atoms with E-state index in [1.807, 2.05) is 13.0 Å². The molecule has 0 aromatic heterocycles. The molecule has 1 saturated heterocycles. The zero-order valence-corrected chi connectivity index (χ0v) is 21.4. The van der Waals surface area contributed by atoms with Gasteiger partial charge in [0.05, 0.1) is 12.0 Å². The fourth-order valence-corrected chi connectivity index (χ4v) is 4.64. The first kappa shape index (κ1) is 26.0. The van der Waals surface area contributed by atoms with Crippen LogP contribution in [0.2, 0.25) is 5.02 Å². The van der Waals surface area contributed by atoms with E-state index in [1.54, 1.807) is 48.4 Å². The van der Waals surface area contributed by atoms with Crippen LogP contribution in [0.5, 0.6) is 11.5 Å². The minimum atomic E-state index is -0.325. The number of methoxy groups -OCH3 is 2. The molecule has 0 saturated carbocycles. The zero-order chi connectivity index (χ0) is 24.7. The Bertz CT molecular complexity index is 1120. The number of halogens is 1. The first-order chi connectivity index (χ1) is 16.3. The summed E-state index contributed by atoms with van der Waals surface area (Å²) in [7, 11) is 3.13. The number of anilines is 1. The van der Waals surface area contributed by atoms with Crippen LogP contribution in [0.15, 0.2) is 41.3 Å². The predicted octanol–water partition coefficient (Wildman–Crippen LogP) is 4.91. The van der Waals surface area contributed by atoms with Gasteiger partial charge in [0, 0.05) is 31.0 Å². The number of amides is 2. The molecule has 1 aliphatic heterocycles. The van der Waals surface area contributed by atoms with Crippen LogP contribution in [-0.4, -0.2) is 55.0 Å². The van der Waals surface area contributed by atoms with Crippen LogP contribution in [0.3, 0.4) is 0 Å². The molecule has 0 spiro atoms. The SMILES string of the molecule is COCCCN1C(=O)/C(=C/c2ccc(OCC(=O)Nc3cc(Cl)ccc3C)c(OC)c2)SC1=S. The van der Waals surface area contributed by atoms with Crippen LogP contribution >= 0.6 is 35.6 Å². The summed E-state index contributed by atoms with van der Waals surface area (Å²) >= 11 is 12.6. The van der Waals surface area contributed by atoms with Gasteiger partial charge in [-0.3, -0.25) is 14.5 Å². The third kappa shape index (κ3) is 6.73. The highest BCUT2D eigenvalue weighted by atomic mass is 35.5. The molecule has 3 rings (SSSR count). The Morgan fingerprint density at radius 1 is 1.21 bits per heavy atom. The number of thioether (sulfide) groups is 1. The van der Waals surface area contributed by atoms with Crippen molar-refractivity contribution in [1.82, 2.24) is 4.90 Å². The number of nitrogens with one attached hydrogen (secondary N) is 1. The lowest BCUT2D eigenvalue weighted by atomic mass is 10.2. The van der Waals surface area contributed by atoms with Crippen molar-refractivity contribution in [3.63, 3.8) is 0 Å². The van der Waals surface area contributed by atoms with E-state index in [2.05, 4.69) is 5.32 Å². The summed E-state index contributed by atoms with van der Waals surface area (Å²) in [5.41, 5.74) is 2.27. The highest BCUT2D eigenvalue weighted by Gasteiger charge is 2.31. The number of carbonyl (C=O) groups is 2. The Morgan fingerprint density at radius 2 is 2.00 bits per heavy atom. The molecule has 1 fully saturated rings. The second-order valence-electron chi connectivity index (χ2n) is 7.39. The lowest BCUT2D eigenvalue weighted by Gasteiger charge is -2.13. The van der Waals surface area contributed by atoms with Crippen molar-refractivity contribution >= 4 is 63.5 Å². The van der Waals surface area contributed by atoms with Gasteiger partial charge in [-0.05, 0) is 54.8 Å². The maximum absolute atomic E-state index is 12.7. The molecule has 1 aliphatic rings. The summed E-state index contributed by atoms with van der Waals surface area (Å²) in [6.07, 6.45) is 2.47. The highest BCUT2D eigenvalue weighted by Crippen LogP contribution is 2.35. The van der Waals surface area contributed by atoms with E-state index in [1.165, 1.54) is 18.9 Å². The fourth-order valence-electron chi connectivity index (χ4n) is 3.16. The van der Waals surface area contributed by atoms with Gasteiger partial charge < -0.3 is 19.5 Å². The van der Waals surface area contributed by atoms with E-state index in [0.717, 1.165) is 11.1 Å². The summed E-state index contributed by atoms with van der Waals surface area (Å²) in [6, 6.07) is 10.5. The van der Waals surface area contributed by atoms with Crippen molar-refractivity contribution in [3.8, 4) is 11.5 Å². The van der Waals surface area contributed by atoms with E-state index < -0.39 is 0 Å². The Kier molecular flexibility index (Phi) is 9.35. The molecule has 34 heavy (non-hydrogen) atoms. The number of hydrogen-bond acceptors (Lipinski definition) is 7. The molecular formula is C24H25ClN2O5S2. The van der Waals surface area contributed by atoms with Crippen LogP contribution < -0.4 is 14.8 Å². The second-order valence-corrected chi connectivity index (χ2v) is 9.50. The van der Waals surface area contributed by atoms with Crippen LogP contribution in [0.25, 0.3) is 6.08 Å². The zero-order valence-electron chi connectivity index (χ0n) is 19.1. The number of hydrogen-bond donors (Lipinski definition) is 1. The van der Waals surface area contributed by atoms with Gasteiger partial charge in [-0.15, -0.1) is 0 Å². The number of benzene rings is 2. The van der Waals surface area contributed by atoms with Gasteiger partial charge in [0.15, 0.2) is 18.1 Å². The summed E-state index contributed by atoms with van der Waals surface area (Å²) in [5, 5.41) is 3.32. The van der Waals surface area contributed by atoms with E-state index in [0.29, 0.717) is 51.0 Å². The Hall–Kier alpha value is -2.59. The molecule has 0 unspecified atom stereocenters. The van der Waals surface area contributed by atoms with Gasteiger partial charge in [0.25, 0.3) is 11.8 Å². The number of rotatable bonds is 10. The lowest BCUT2D eigenvalue weighted by Crippen LogP contribution is -2.29. The Labute approximate surface area is 213 Å². The number of ether oxygens (including phenoxy) is 3. The summed E-state index contributed by atoms with van der Waals surface area (Å²) in [5.74, 6) is 0.396. The van der Waals surface area contributed by atoms with Crippen LogP contribution in [0, 0.1) is 6.92 Å². The molecule has 2 aromatic carbocycles. The minimum Gasteiger partial charge on any atom is -0.493 e. The average Bonchev–Trinajstić information content (AvgIpc) is 3.07. The van der Waals surface area contributed by atoms with Crippen molar-refractivity contribution < 1.29 is 23.8 Å². The van der Waals surface area contributed by atoms with E-state index in [9.17, 15) is 9.59 Å². The monoisotopic (exact) mass is 520 g/mol. The van der Waals surface area contributed by atoms with Crippen molar-refractivity contribution in [2.75, 3.05) is 39.3 Å². The molecule has 10 heteroatoms. The van der Waals surface area contributed by atoms with E-state index in [4.69, 9.17) is 38.0 Å². The number of aryl methyl sites for hydroxylation is 1. The molecule has 180 valence electrons. The van der Waals surface area contributed by atoms with Crippen molar-refractivity contribution in [3.05, 3.63) is 57.5 Å². The van der Waals surface area contributed by atoms with E-state index in [-0.39, 0.29) is 18.4 Å². The van der Waals surface area contributed by atoms with Gasteiger partial charge in [0.2, 0.25) is 0 Å². The first-order valence-corrected chi connectivity index (χ1v) is 12.0. The Balaban J connectivity index is 1.65. The predicted molar refractivity (Wildman–Crippen MR) is 140 cm³/mol.